The van der Waals surface area contributed by atoms with Crippen LogP contribution in [0.3, 0.4) is 0 Å². The van der Waals surface area contributed by atoms with E-state index in [1.54, 1.807) is 12.2 Å². The van der Waals surface area contributed by atoms with E-state index in [2.05, 4.69) is 33.4 Å². The average molecular weight is 705 g/mol. The fourth-order valence-electron chi connectivity index (χ4n) is 12.2. The number of ether oxygens (including phenoxy) is 2. The highest BCUT2D eigenvalue weighted by Crippen LogP contribution is 2.56. The minimum absolute atomic E-state index is 0.107. The summed E-state index contributed by atoms with van der Waals surface area (Å²) in [5.41, 5.74) is 1.35. The lowest BCUT2D eigenvalue weighted by Crippen LogP contribution is -2.54. The predicted octanol–water partition coefficient (Wildman–Crippen LogP) is 5.44. The van der Waals surface area contributed by atoms with Crippen molar-refractivity contribution in [3.05, 3.63) is 23.3 Å². The van der Waals surface area contributed by atoms with E-state index < -0.39 is 11.2 Å². The molecule has 6 fully saturated rings. The minimum atomic E-state index is -0.452. The summed E-state index contributed by atoms with van der Waals surface area (Å²) >= 11 is 0. The molecule has 4 bridgehead atoms. The van der Waals surface area contributed by atoms with Crippen LogP contribution in [-0.2, 0) is 28.7 Å². The molecule has 6 aliphatic heterocycles. The topological polar surface area (TPSA) is 99.7 Å². The van der Waals surface area contributed by atoms with Crippen molar-refractivity contribution in [1.29, 1.82) is 0 Å². The monoisotopic (exact) mass is 704 g/mol. The Hall–Kier alpha value is -2.72. The highest BCUT2D eigenvalue weighted by molar-refractivity contribution is 5.88. The fourth-order valence-corrected chi connectivity index (χ4v) is 12.2. The molecule has 6 heterocycles. The van der Waals surface area contributed by atoms with Crippen molar-refractivity contribution < 1.29 is 28.7 Å². The maximum absolute atomic E-state index is 13.8. The number of unbranched alkanes of at least 4 members (excludes halogenated alkanes) is 4. The van der Waals surface area contributed by atoms with Crippen LogP contribution in [0.2, 0.25) is 0 Å². The third-order valence-corrected chi connectivity index (χ3v) is 14.2. The van der Waals surface area contributed by atoms with Gasteiger partial charge < -0.3 is 19.3 Å². The first kappa shape index (κ1) is 35.3. The van der Waals surface area contributed by atoms with Crippen LogP contribution in [0.4, 0.5) is 0 Å². The quantitative estimate of drug-likeness (QED) is 0.174. The molecule has 51 heavy (non-hydrogen) atoms. The molecule has 10 heteroatoms. The molecule has 0 aromatic heterocycles. The second-order valence-electron chi connectivity index (χ2n) is 17.0. The predicted molar refractivity (Wildman–Crippen MR) is 192 cm³/mol. The second kappa shape index (κ2) is 14.3. The first-order chi connectivity index (χ1) is 24.8. The zero-order chi connectivity index (χ0) is 35.3. The molecule has 0 aromatic carbocycles. The van der Waals surface area contributed by atoms with Gasteiger partial charge in [0.25, 0.3) is 0 Å². The summed E-state index contributed by atoms with van der Waals surface area (Å²) in [7, 11) is 0. The maximum Gasteiger partial charge on any atom is 0.331 e. The van der Waals surface area contributed by atoms with Gasteiger partial charge in [-0.25, -0.2) is 9.59 Å². The summed E-state index contributed by atoms with van der Waals surface area (Å²) in [5.74, 6) is 0.0904. The van der Waals surface area contributed by atoms with Crippen molar-refractivity contribution in [2.75, 3.05) is 26.2 Å². The molecule has 0 unspecified atom stereocenters. The molecule has 0 N–H and O–H groups in total. The van der Waals surface area contributed by atoms with Gasteiger partial charge in [0.05, 0.1) is 24.2 Å². The molecule has 0 radical (unpaired) electrons. The number of piperidine rings is 2. The fraction of sp³-hybridized carbons (Fsp3) is 0.805. The lowest BCUT2D eigenvalue weighted by molar-refractivity contribution is -0.150. The standard InChI is InChI=1S/C41H60N4O6/c1-3-18-44(30-22-28-24-38(48)50-40(28)26-32(30)42-20-12-10-14-34(40)42)36(46)16-8-6-5-7-9-17-37(47)45(19-4-2)31-23-29-25-39(49)51-41(29)27-33(31)43-21-13-11-15-35(41)43/h24-25,30-35H,3-23,26-27H2,1-2H3/t30-,31-,32+,33+,34-,35-,40+,41+/m0/s1. The number of hydrogen-bond acceptors (Lipinski definition) is 8. The molecule has 2 aliphatic carbocycles. The SMILES string of the molecule is CCCN(C(=O)CCCCCCCC(=O)N(CCC)[C@H]1CC2=CC(=O)O[C@]23C[C@H]1N1CCCC[C@H]13)[C@H]1CC2=CC(=O)O[C@]23C[C@H]1N1CCCC[C@H]13. The van der Waals surface area contributed by atoms with Crippen LogP contribution in [0.15, 0.2) is 23.3 Å². The lowest BCUT2D eigenvalue weighted by atomic mass is 9.75. The number of rotatable bonds is 14. The molecule has 2 spiro atoms. The Bertz CT molecular complexity index is 1350. The zero-order valence-electron chi connectivity index (χ0n) is 31.1. The largest absolute Gasteiger partial charge is 0.450 e. The molecule has 8 aliphatic rings. The summed E-state index contributed by atoms with van der Waals surface area (Å²) in [4.78, 5) is 62.2. The van der Waals surface area contributed by atoms with E-state index in [1.807, 2.05) is 0 Å². The third-order valence-electron chi connectivity index (χ3n) is 14.2. The highest BCUT2D eigenvalue weighted by Gasteiger charge is 2.66. The van der Waals surface area contributed by atoms with Crippen molar-refractivity contribution in [3.63, 3.8) is 0 Å². The Morgan fingerprint density at radius 1 is 0.686 bits per heavy atom. The number of hydrogen-bond donors (Lipinski definition) is 0. The summed E-state index contributed by atoms with van der Waals surface area (Å²) in [6.07, 6.45) is 21.1. The summed E-state index contributed by atoms with van der Waals surface area (Å²) in [6, 6.07) is 1.25. The molecule has 4 saturated heterocycles. The van der Waals surface area contributed by atoms with E-state index in [-0.39, 0.29) is 60.0 Å². The number of carbonyl (C=O) groups is 4. The Kier molecular flexibility index (Phi) is 9.87. The van der Waals surface area contributed by atoms with Crippen LogP contribution < -0.4 is 0 Å². The number of carbonyl (C=O) groups excluding carboxylic acids is 4. The summed E-state index contributed by atoms with van der Waals surface area (Å²) in [5, 5.41) is 0. The molecule has 8 rings (SSSR count). The van der Waals surface area contributed by atoms with Gasteiger partial charge in [0, 0.05) is 63.0 Å². The van der Waals surface area contributed by atoms with Crippen LogP contribution >= 0.6 is 0 Å². The Balaban J connectivity index is 0.821. The zero-order valence-corrected chi connectivity index (χ0v) is 31.1. The summed E-state index contributed by atoms with van der Waals surface area (Å²) in [6.45, 7) is 7.87. The first-order valence-electron chi connectivity index (χ1n) is 20.8. The van der Waals surface area contributed by atoms with E-state index in [9.17, 15) is 19.2 Å². The van der Waals surface area contributed by atoms with Gasteiger partial charge in [0.1, 0.15) is 0 Å². The second-order valence-corrected chi connectivity index (χ2v) is 17.0. The average Bonchev–Trinajstić information content (AvgIpc) is 3.82. The number of nitrogens with zero attached hydrogens (tertiary/aromatic N) is 4. The van der Waals surface area contributed by atoms with Gasteiger partial charge in [-0.3, -0.25) is 19.4 Å². The van der Waals surface area contributed by atoms with Gasteiger partial charge in [0.15, 0.2) is 11.2 Å². The molecule has 8 atom stereocenters. The van der Waals surface area contributed by atoms with Gasteiger partial charge in [0.2, 0.25) is 11.8 Å². The lowest BCUT2D eigenvalue weighted by Gasteiger charge is -2.42. The van der Waals surface area contributed by atoms with E-state index in [4.69, 9.17) is 9.47 Å². The number of amides is 2. The van der Waals surface area contributed by atoms with Crippen LogP contribution in [-0.4, -0.2) is 117 Å². The van der Waals surface area contributed by atoms with E-state index in [0.717, 1.165) is 121 Å². The first-order valence-corrected chi connectivity index (χ1v) is 20.8. The van der Waals surface area contributed by atoms with Crippen molar-refractivity contribution in [2.45, 2.75) is 183 Å². The molecule has 2 amide bonds. The van der Waals surface area contributed by atoms with Crippen LogP contribution in [0, 0.1) is 0 Å². The molecular weight excluding hydrogens is 644 g/mol. The smallest absolute Gasteiger partial charge is 0.331 e. The van der Waals surface area contributed by atoms with Gasteiger partial charge in [-0.05, 0) is 88.4 Å². The Morgan fingerprint density at radius 3 is 1.55 bits per heavy atom. The number of fused-ring (bicyclic) bond motifs is 6. The van der Waals surface area contributed by atoms with Crippen molar-refractivity contribution in [3.8, 4) is 0 Å². The molecular formula is C41H60N4O6. The third kappa shape index (κ3) is 5.98. The van der Waals surface area contributed by atoms with Gasteiger partial charge >= 0.3 is 11.9 Å². The van der Waals surface area contributed by atoms with Crippen molar-refractivity contribution in [1.82, 2.24) is 19.6 Å². The van der Waals surface area contributed by atoms with Gasteiger partial charge in [-0.2, -0.15) is 0 Å². The maximum atomic E-state index is 13.8. The van der Waals surface area contributed by atoms with Crippen LogP contribution in [0.1, 0.15) is 136 Å². The highest BCUT2D eigenvalue weighted by atomic mass is 16.6. The molecule has 2 saturated carbocycles. The van der Waals surface area contributed by atoms with Crippen LogP contribution in [0.25, 0.3) is 0 Å². The van der Waals surface area contributed by atoms with E-state index in [0.29, 0.717) is 12.8 Å². The molecule has 0 aromatic rings. The number of esters is 2. The van der Waals surface area contributed by atoms with Crippen molar-refractivity contribution in [2.24, 2.45) is 0 Å². The van der Waals surface area contributed by atoms with Gasteiger partial charge in [-0.1, -0.05) is 46.0 Å². The molecule has 10 nitrogen and oxygen atoms in total. The molecule has 280 valence electrons. The Morgan fingerprint density at radius 2 is 1.12 bits per heavy atom. The summed E-state index contributed by atoms with van der Waals surface area (Å²) < 4.78 is 12.1. The minimum Gasteiger partial charge on any atom is -0.450 e. The Labute approximate surface area is 304 Å². The van der Waals surface area contributed by atoms with Crippen LogP contribution in [0.5, 0.6) is 0 Å². The van der Waals surface area contributed by atoms with E-state index >= 15 is 0 Å². The normalized spacial score (nSPS) is 36.4. The van der Waals surface area contributed by atoms with Gasteiger partial charge in [-0.15, -0.1) is 0 Å². The van der Waals surface area contributed by atoms with E-state index in [1.165, 1.54) is 25.7 Å². The van der Waals surface area contributed by atoms with Crippen molar-refractivity contribution >= 4 is 23.8 Å².